The van der Waals surface area contributed by atoms with Crippen molar-refractivity contribution in [2.24, 2.45) is 13.0 Å². The molecular weight excluding hydrogens is 486 g/mol. The van der Waals surface area contributed by atoms with Crippen molar-refractivity contribution < 1.29 is 13.2 Å². The van der Waals surface area contributed by atoms with Crippen molar-refractivity contribution >= 4 is 50.8 Å². The van der Waals surface area contributed by atoms with E-state index in [2.05, 4.69) is 10.00 Å². The monoisotopic (exact) mass is 511 g/mol. The van der Waals surface area contributed by atoms with Crippen LogP contribution in [0.3, 0.4) is 0 Å². The van der Waals surface area contributed by atoms with Gasteiger partial charge in [0.2, 0.25) is 15.9 Å². The van der Waals surface area contributed by atoms with Crippen molar-refractivity contribution in [1.82, 2.24) is 19.0 Å². The maximum absolute atomic E-state index is 12.7. The van der Waals surface area contributed by atoms with Crippen LogP contribution in [0.15, 0.2) is 34.5 Å². The number of nitrogens with zero attached hydrogens (tertiary/aromatic N) is 5. The number of carbonyl (C=O) groups is 1. The van der Waals surface area contributed by atoms with Crippen molar-refractivity contribution in [2.45, 2.75) is 12.8 Å². The highest BCUT2D eigenvalue weighted by atomic mass is 35.5. The number of piperazine rings is 1. The maximum atomic E-state index is 12.7. The predicted octanol–water partition coefficient (Wildman–Crippen LogP) is 1.86. The molecule has 0 unspecified atom stereocenters. The summed E-state index contributed by atoms with van der Waals surface area (Å²) in [4.78, 5) is 28.9. The van der Waals surface area contributed by atoms with Gasteiger partial charge in [-0.15, -0.1) is 11.3 Å². The van der Waals surface area contributed by atoms with E-state index in [1.165, 1.54) is 32.5 Å². The number of amides is 1. The Balaban J connectivity index is 1.28. The number of carbonyl (C=O) groups excluding carboxylic acids is 1. The molecule has 2 fully saturated rings. The maximum Gasteiger partial charge on any atom is 0.266 e. The molecule has 0 N–H and O–H groups in total. The van der Waals surface area contributed by atoms with E-state index in [0.29, 0.717) is 23.3 Å². The van der Waals surface area contributed by atoms with Crippen LogP contribution >= 0.6 is 22.9 Å². The van der Waals surface area contributed by atoms with Crippen LogP contribution < -0.4 is 10.5 Å². The summed E-state index contributed by atoms with van der Waals surface area (Å²) in [7, 11) is -2.04. The Kier molecular flexibility index (Phi) is 7.22. The van der Waals surface area contributed by atoms with Crippen LogP contribution in [0.1, 0.15) is 17.7 Å². The molecule has 2 saturated heterocycles. The Bertz CT molecular complexity index is 1200. The molecule has 1 amide bonds. The van der Waals surface area contributed by atoms with Gasteiger partial charge in [0.25, 0.3) is 5.56 Å². The number of thiophene rings is 1. The van der Waals surface area contributed by atoms with Crippen molar-refractivity contribution in [3.05, 3.63) is 49.2 Å². The number of piperidine rings is 1. The average molecular weight is 512 g/mol. The zero-order chi connectivity index (χ0) is 23.6. The Labute approximate surface area is 201 Å². The highest BCUT2D eigenvalue weighted by Crippen LogP contribution is 2.25. The summed E-state index contributed by atoms with van der Waals surface area (Å²) < 4.78 is 28.4. The van der Waals surface area contributed by atoms with Crippen LogP contribution in [0.5, 0.6) is 0 Å². The molecule has 4 heterocycles. The fraction of sp³-hybridized carbons (Fsp3) is 0.476. The van der Waals surface area contributed by atoms with Crippen LogP contribution in [0.2, 0.25) is 4.34 Å². The molecule has 0 bridgehead atoms. The van der Waals surface area contributed by atoms with Crippen LogP contribution in [-0.4, -0.2) is 72.6 Å². The number of rotatable bonds is 6. The van der Waals surface area contributed by atoms with Crippen molar-refractivity contribution in [3.63, 3.8) is 0 Å². The zero-order valence-corrected chi connectivity index (χ0v) is 20.7. The largest absolute Gasteiger partial charge is 0.355 e. The molecule has 2 aromatic rings. The van der Waals surface area contributed by atoms with Gasteiger partial charge in [0, 0.05) is 56.1 Å². The number of anilines is 1. The minimum atomic E-state index is -3.68. The molecule has 12 heteroatoms. The van der Waals surface area contributed by atoms with Gasteiger partial charge in [-0.05, 0) is 43.0 Å². The summed E-state index contributed by atoms with van der Waals surface area (Å²) in [6.07, 6.45) is 3.32. The lowest BCUT2D eigenvalue weighted by atomic mass is 9.96. The Morgan fingerprint density at radius 3 is 2.52 bits per heavy atom. The van der Waals surface area contributed by atoms with E-state index in [1.807, 2.05) is 0 Å². The van der Waals surface area contributed by atoms with Gasteiger partial charge < -0.3 is 9.80 Å². The number of hydrogen-bond acceptors (Lipinski definition) is 7. The predicted molar refractivity (Wildman–Crippen MR) is 130 cm³/mol. The standard InChI is InChI=1S/C21H26ClN5O4S2/c1-24-20(28)5-4-19(23-24)25-9-6-16(7-10-25)14-26-11-12-27(15-21(26)29)33(30,31)13-8-17-2-3-18(22)32-17/h2-5,8,13,16H,6-7,9-12,14-15H2,1H3. The molecule has 0 atom stereocenters. The lowest BCUT2D eigenvalue weighted by molar-refractivity contribution is -0.134. The Morgan fingerprint density at radius 1 is 1.12 bits per heavy atom. The molecule has 9 nitrogen and oxygen atoms in total. The van der Waals surface area contributed by atoms with Crippen LogP contribution in [0.25, 0.3) is 6.08 Å². The van der Waals surface area contributed by atoms with Gasteiger partial charge in [-0.3, -0.25) is 9.59 Å². The molecule has 4 rings (SSSR count). The number of hydrogen-bond donors (Lipinski definition) is 0. The van der Waals surface area contributed by atoms with E-state index >= 15 is 0 Å². The molecule has 2 aliphatic rings. The first-order valence-corrected chi connectivity index (χ1v) is 13.4. The SMILES string of the molecule is Cn1nc(N2CCC(CN3CCN(S(=O)(=O)C=Cc4ccc(Cl)s4)CC3=O)CC2)ccc1=O. The second-order valence-electron chi connectivity index (χ2n) is 8.25. The van der Waals surface area contributed by atoms with E-state index < -0.39 is 10.0 Å². The second-order valence-corrected chi connectivity index (χ2v) is 11.8. The third-order valence-corrected chi connectivity index (χ3v) is 8.71. The quantitative estimate of drug-likeness (QED) is 0.587. The van der Waals surface area contributed by atoms with Gasteiger partial charge in [-0.1, -0.05) is 11.6 Å². The van der Waals surface area contributed by atoms with Gasteiger partial charge in [0.05, 0.1) is 10.9 Å². The summed E-state index contributed by atoms with van der Waals surface area (Å²) in [5.74, 6) is 0.965. The minimum absolute atomic E-state index is 0.139. The third-order valence-electron chi connectivity index (χ3n) is 6.01. The van der Waals surface area contributed by atoms with E-state index in [-0.39, 0.29) is 24.6 Å². The molecule has 33 heavy (non-hydrogen) atoms. The smallest absolute Gasteiger partial charge is 0.266 e. The summed E-state index contributed by atoms with van der Waals surface area (Å²) >= 11 is 7.18. The average Bonchev–Trinajstić information content (AvgIpc) is 3.21. The lowest BCUT2D eigenvalue weighted by Crippen LogP contribution is -2.53. The summed E-state index contributed by atoms with van der Waals surface area (Å²) in [5.41, 5.74) is -0.139. The topological polar surface area (TPSA) is 95.8 Å². The molecule has 0 spiro atoms. The molecular formula is C21H26ClN5O4S2. The molecule has 0 saturated carbocycles. The zero-order valence-electron chi connectivity index (χ0n) is 18.3. The van der Waals surface area contributed by atoms with E-state index in [4.69, 9.17) is 11.6 Å². The fourth-order valence-electron chi connectivity index (χ4n) is 4.07. The first kappa shape index (κ1) is 23.9. The van der Waals surface area contributed by atoms with E-state index in [0.717, 1.165) is 42.0 Å². The normalized spacial score (nSPS) is 19.0. The molecule has 2 aliphatic heterocycles. The van der Waals surface area contributed by atoms with Crippen molar-refractivity contribution in [3.8, 4) is 0 Å². The van der Waals surface area contributed by atoms with Crippen LogP contribution in [-0.2, 0) is 21.9 Å². The highest BCUT2D eigenvalue weighted by Gasteiger charge is 2.32. The number of aromatic nitrogens is 2. The van der Waals surface area contributed by atoms with E-state index in [1.54, 1.807) is 30.1 Å². The van der Waals surface area contributed by atoms with Crippen LogP contribution in [0, 0.1) is 5.92 Å². The first-order valence-electron chi connectivity index (χ1n) is 10.7. The van der Waals surface area contributed by atoms with E-state index in [9.17, 15) is 18.0 Å². The van der Waals surface area contributed by atoms with Gasteiger partial charge >= 0.3 is 0 Å². The number of sulfonamides is 1. The van der Waals surface area contributed by atoms with Gasteiger partial charge in [0.15, 0.2) is 0 Å². The Morgan fingerprint density at radius 2 is 1.88 bits per heavy atom. The fourth-order valence-corrected chi connectivity index (χ4v) is 6.24. The van der Waals surface area contributed by atoms with Crippen molar-refractivity contribution in [1.29, 1.82) is 0 Å². The number of aryl methyl sites for hydroxylation is 1. The molecule has 178 valence electrons. The second kappa shape index (κ2) is 9.96. The molecule has 2 aromatic heterocycles. The van der Waals surface area contributed by atoms with Crippen molar-refractivity contribution in [2.75, 3.05) is 44.2 Å². The minimum Gasteiger partial charge on any atom is -0.355 e. The van der Waals surface area contributed by atoms with Gasteiger partial charge in [-0.25, -0.2) is 13.1 Å². The summed E-state index contributed by atoms with van der Waals surface area (Å²) in [6.45, 7) is 2.76. The first-order chi connectivity index (χ1) is 15.7. The molecule has 0 aromatic carbocycles. The lowest BCUT2D eigenvalue weighted by Gasteiger charge is -2.38. The summed E-state index contributed by atoms with van der Waals surface area (Å²) in [5, 5.41) is 5.45. The van der Waals surface area contributed by atoms with Crippen LogP contribution in [0.4, 0.5) is 5.82 Å². The molecule has 0 radical (unpaired) electrons. The highest BCUT2D eigenvalue weighted by molar-refractivity contribution is 7.92. The number of halogens is 1. The van der Waals surface area contributed by atoms with Gasteiger partial charge in [-0.2, -0.15) is 9.40 Å². The Hall–Kier alpha value is -2.21. The van der Waals surface area contributed by atoms with Gasteiger partial charge in [0.1, 0.15) is 5.82 Å². The summed E-state index contributed by atoms with van der Waals surface area (Å²) in [6, 6.07) is 6.73. The molecule has 0 aliphatic carbocycles. The third kappa shape index (κ3) is 5.84.